The summed E-state index contributed by atoms with van der Waals surface area (Å²) in [6.45, 7) is 0. The van der Waals surface area contributed by atoms with Crippen molar-refractivity contribution < 1.29 is 15.0 Å². The van der Waals surface area contributed by atoms with Crippen molar-refractivity contribution in [2.75, 3.05) is 0 Å². The number of carbonyl (C=O) groups is 1. The van der Waals surface area contributed by atoms with Crippen LogP contribution in [0.3, 0.4) is 0 Å². The second-order valence-electron chi connectivity index (χ2n) is 3.29. The van der Waals surface area contributed by atoms with Crippen LogP contribution in [0.25, 0.3) is 0 Å². The van der Waals surface area contributed by atoms with E-state index in [1.807, 2.05) is 12.1 Å². The van der Waals surface area contributed by atoms with E-state index >= 15 is 0 Å². The summed E-state index contributed by atoms with van der Waals surface area (Å²) in [7, 11) is 0. The highest BCUT2D eigenvalue weighted by atomic mass is 16.4. The van der Waals surface area contributed by atoms with Gasteiger partial charge >= 0.3 is 5.97 Å². The van der Waals surface area contributed by atoms with Gasteiger partial charge in [-0.1, -0.05) is 24.3 Å². The van der Waals surface area contributed by atoms with Gasteiger partial charge in [0.05, 0.1) is 6.10 Å². The molecule has 2 rings (SSSR count). The molecule has 0 heterocycles. The Morgan fingerprint density at radius 2 is 2.08 bits per heavy atom. The Bertz CT molecular complexity index is 346. The van der Waals surface area contributed by atoms with Crippen LogP contribution in [0, 0.1) is 0 Å². The Hall–Kier alpha value is -1.35. The summed E-state index contributed by atoms with van der Waals surface area (Å²) < 4.78 is 0. The fraction of sp³-hybridized carbons (Fsp3) is 0.300. The van der Waals surface area contributed by atoms with Crippen molar-refractivity contribution in [3.05, 3.63) is 35.4 Å². The summed E-state index contributed by atoms with van der Waals surface area (Å²) in [5.41, 5.74) is 1.70. The first kappa shape index (κ1) is 8.26. The molecule has 1 aromatic carbocycles. The van der Waals surface area contributed by atoms with Crippen LogP contribution in [-0.2, 0) is 11.2 Å². The number of carboxylic acids is 1. The highest BCUT2D eigenvalue weighted by molar-refractivity contribution is 5.78. The lowest BCUT2D eigenvalue weighted by Crippen LogP contribution is -2.21. The third-order valence-corrected chi connectivity index (χ3v) is 2.47. The number of aliphatic carboxylic acids is 1. The minimum Gasteiger partial charge on any atom is -0.481 e. The van der Waals surface area contributed by atoms with E-state index in [2.05, 4.69) is 0 Å². The lowest BCUT2D eigenvalue weighted by atomic mass is 10.0. The van der Waals surface area contributed by atoms with Crippen LogP contribution in [0.5, 0.6) is 0 Å². The van der Waals surface area contributed by atoms with Crippen molar-refractivity contribution in [3.8, 4) is 0 Å². The largest absolute Gasteiger partial charge is 0.481 e. The van der Waals surface area contributed by atoms with Gasteiger partial charge in [0, 0.05) is 0 Å². The number of carboxylic acid groups (broad SMARTS) is 1. The van der Waals surface area contributed by atoms with Gasteiger partial charge in [-0.3, -0.25) is 4.79 Å². The van der Waals surface area contributed by atoms with Crippen molar-refractivity contribution in [1.82, 2.24) is 0 Å². The van der Waals surface area contributed by atoms with E-state index in [9.17, 15) is 9.90 Å². The fourth-order valence-corrected chi connectivity index (χ4v) is 1.87. The number of rotatable bonds is 1. The SMILES string of the molecule is O=C(O)[C@@H]1c2ccccc2C[C@H]1O. The van der Waals surface area contributed by atoms with Gasteiger partial charge in [-0.25, -0.2) is 0 Å². The number of aliphatic hydroxyl groups excluding tert-OH is 1. The summed E-state index contributed by atoms with van der Waals surface area (Å²) in [5.74, 6) is -1.69. The average Bonchev–Trinajstić information content (AvgIpc) is 2.39. The first-order valence-corrected chi connectivity index (χ1v) is 4.19. The van der Waals surface area contributed by atoms with Gasteiger partial charge in [0.1, 0.15) is 5.92 Å². The lowest BCUT2D eigenvalue weighted by Gasteiger charge is -2.09. The van der Waals surface area contributed by atoms with Crippen molar-refractivity contribution in [1.29, 1.82) is 0 Å². The molecule has 13 heavy (non-hydrogen) atoms. The highest BCUT2D eigenvalue weighted by Crippen LogP contribution is 2.33. The van der Waals surface area contributed by atoms with Crippen LogP contribution in [0.1, 0.15) is 17.0 Å². The first-order valence-electron chi connectivity index (χ1n) is 4.19. The molecule has 0 bridgehead atoms. The maximum atomic E-state index is 10.8. The van der Waals surface area contributed by atoms with Crippen LogP contribution in [0.15, 0.2) is 24.3 Å². The normalized spacial score (nSPS) is 25.6. The average molecular weight is 178 g/mol. The van der Waals surface area contributed by atoms with E-state index in [0.29, 0.717) is 6.42 Å². The molecule has 0 aliphatic heterocycles. The summed E-state index contributed by atoms with van der Waals surface area (Å²) in [5, 5.41) is 18.4. The summed E-state index contributed by atoms with van der Waals surface area (Å²) in [6.07, 6.45) is -0.317. The van der Waals surface area contributed by atoms with Gasteiger partial charge in [0.2, 0.25) is 0 Å². The number of aliphatic hydroxyl groups is 1. The Kier molecular flexibility index (Phi) is 1.81. The molecule has 1 aliphatic rings. The molecule has 3 nitrogen and oxygen atoms in total. The quantitative estimate of drug-likeness (QED) is 0.667. The van der Waals surface area contributed by atoms with Gasteiger partial charge < -0.3 is 10.2 Å². The van der Waals surface area contributed by atoms with E-state index in [0.717, 1.165) is 11.1 Å². The van der Waals surface area contributed by atoms with Gasteiger partial charge in [-0.05, 0) is 17.5 Å². The topological polar surface area (TPSA) is 57.5 Å². The molecule has 0 radical (unpaired) electrons. The Morgan fingerprint density at radius 1 is 1.38 bits per heavy atom. The number of hydrogen-bond acceptors (Lipinski definition) is 2. The molecule has 1 aliphatic carbocycles. The number of hydrogen-bond donors (Lipinski definition) is 2. The zero-order chi connectivity index (χ0) is 9.42. The molecule has 2 N–H and O–H groups in total. The van der Waals surface area contributed by atoms with Gasteiger partial charge in [-0.15, -0.1) is 0 Å². The monoisotopic (exact) mass is 178 g/mol. The van der Waals surface area contributed by atoms with Crippen molar-refractivity contribution in [2.24, 2.45) is 0 Å². The first-order chi connectivity index (χ1) is 6.20. The van der Waals surface area contributed by atoms with Gasteiger partial charge in [0.25, 0.3) is 0 Å². The molecule has 1 aromatic rings. The predicted molar refractivity (Wildman–Crippen MR) is 46.5 cm³/mol. The van der Waals surface area contributed by atoms with Crippen molar-refractivity contribution in [3.63, 3.8) is 0 Å². The molecule has 0 spiro atoms. The second kappa shape index (κ2) is 2.85. The van der Waals surface area contributed by atoms with E-state index in [1.165, 1.54) is 0 Å². The predicted octanol–water partition coefficient (Wildman–Crippen LogP) is 0.772. The molecule has 0 fully saturated rings. The molecule has 3 heteroatoms. The molecular weight excluding hydrogens is 168 g/mol. The summed E-state index contributed by atoms with van der Waals surface area (Å²) >= 11 is 0. The molecule has 0 saturated heterocycles. The van der Waals surface area contributed by atoms with Crippen molar-refractivity contribution >= 4 is 5.97 Å². The van der Waals surface area contributed by atoms with Crippen LogP contribution < -0.4 is 0 Å². The Balaban J connectivity index is 2.46. The molecule has 0 saturated carbocycles. The molecule has 0 aromatic heterocycles. The Labute approximate surface area is 75.6 Å². The van der Waals surface area contributed by atoms with Crippen LogP contribution >= 0.6 is 0 Å². The van der Waals surface area contributed by atoms with Crippen LogP contribution in [-0.4, -0.2) is 22.3 Å². The minimum atomic E-state index is -0.947. The van der Waals surface area contributed by atoms with Gasteiger partial charge in [-0.2, -0.15) is 0 Å². The number of fused-ring (bicyclic) bond motifs is 1. The lowest BCUT2D eigenvalue weighted by molar-refractivity contribution is -0.141. The minimum absolute atomic E-state index is 0.452. The fourth-order valence-electron chi connectivity index (χ4n) is 1.87. The molecule has 2 atom stereocenters. The summed E-state index contributed by atoms with van der Waals surface area (Å²) in [4.78, 5) is 10.8. The molecular formula is C10H10O3. The smallest absolute Gasteiger partial charge is 0.313 e. The second-order valence-corrected chi connectivity index (χ2v) is 3.29. The zero-order valence-corrected chi connectivity index (χ0v) is 6.97. The van der Waals surface area contributed by atoms with E-state index < -0.39 is 18.0 Å². The highest BCUT2D eigenvalue weighted by Gasteiger charge is 2.35. The molecule has 0 amide bonds. The maximum absolute atomic E-state index is 10.8. The maximum Gasteiger partial charge on any atom is 0.313 e. The Morgan fingerprint density at radius 3 is 2.77 bits per heavy atom. The summed E-state index contributed by atoms with van der Waals surface area (Å²) in [6, 6.07) is 7.29. The molecule has 68 valence electrons. The van der Waals surface area contributed by atoms with E-state index in [1.54, 1.807) is 12.1 Å². The van der Waals surface area contributed by atoms with Crippen LogP contribution in [0.4, 0.5) is 0 Å². The van der Waals surface area contributed by atoms with E-state index in [4.69, 9.17) is 5.11 Å². The standard InChI is InChI=1S/C10H10O3/c11-8-5-6-3-1-2-4-7(6)9(8)10(12)13/h1-4,8-9,11H,5H2,(H,12,13)/t8-,9-/m1/s1. The van der Waals surface area contributed by atoms with Crippen LogP contribution in [0.2, 0.25) is 0 Å². The van der Waals surface area contributed by atoms with E-state index in [-0.39, 0.29) is 0 Å². The third kappa shape index (κ3) is 1.21. The third-order valence-electron chi connectivity index (χ3n) is 2.47. The van der Waals surface area contributed by atoms with Gasteiger partial charge in [0.15, 0.2) is 0 Å². The zero-order valence-electron chi connectivity index (χ0n) is 6.97. The van der Waals surface area contributed by atoms with Crippen molar-refractivity contribution in [2.45, 2.75) is 18.4 Å². The molecule has 0 unspecified atom stereocenters. The number of benzene rings is 1.